The molecule has 384 valence electrons. The first-order valence-corrected chi connectivity index (χ1v) is 27.8. The first-order valence-electron chi connectivity index (χ1n) is 26.4. The normalized spacial score (nSPS) is 26.8. The van der Waals surface area contributed by atoms with E-state index in [4.69, 9.17) is 23.9 Å². The molecule has 9 heterocycles. The molecule has 1 saturated carbocycles. The SMILES string of the molecule is CCc1ccccc1[C@@H]1CCCN1C1CC2(CCN(c3ccc(C(=O)NS(=O)(=O)c4cc5c(c([N+](=O)[O-])c4)N[C@H](CN4C[C@@H]6C[C@H]4CO6)CO5)c(N4C[C@@H]5CCOC[C@@H]5Oc5nc6[nH]ccc6cc54)c3)CC2)C1. The number of carbonyl (C=O) groups excluding carboxylic acids is 1. The minimum atomic E-state index is -4.69. The third-order valence-corrected chi connectivity index (χ3v) is 18.9. The number of anilines is 4. The van der Waals surface area contributed by atoms with Crippen LogP contribution in [0.15, 0.2) is 77.8 Å². The van der Waals surface area contributed by atoms with Crippen molar-refractivity contribution >= 4 is 55.4 Å². The number of nitro benzene ring substituents is 1. The van der Waals surface area contributed by atoms with E-state index in [1.807, 2.05) is 30.5 Å². The maximum atomic E-state index is 14.8. The minimum Gasteiger partial charge on any atom is -0.489 e. The van der Waals surface area contributed by atoms with Crippen LogP contribution < -0.4 is 29.3 Å². The van der Waals surface area contributed by atoms with E-state index in [0.29, 0.717) is 85.8 Å². The van der Waals surface area contributed by atoms with Gasteiger partial charge in [-0.1, -0.05) is 31.2 Å². The van der Waals surface area contributed by atoms with Crippen LogP contribution in [0.25, 0.3) is 11.0 Å². The Balaban J connectivity index is 0.787. The van der Waals surface area contributed by atoms with Gasteiger partial charge in [0.15, 0.2) is 11.4 Å². The molecule has 3 N–H and O–H groups in total. The number of amides is 1. The van der Waals surface area contributed by atoms with Crippen molar-refractivity contribution in [1.82, 2.24) is 24.5 Å². The van der Waals surface area contributed by atoms with Crippen molar-refractivity contribution < 1.29 is 37.1 Å². The zero-order valence-corrected chi connectivity index (χ0v) is 42.0. The van der Waals surface area contributed by atoms with Gasteiger partial charge in [0, 0.05) is 92.8 Å². The molecule has 2 aromatic heterocycles. The Morgan fingerprint density at radius 2 is 1.84 bits per heavy atom. The predicted molar refractivity (Wildman–Crippen MR) is 275 cm³/mol. The monoisotopic (exact) mass is 1010 g/mol. The van der Waals surface area contributed by atoms with Crippen molar-refractivity contribution in [3.8, 4) is 11.6 Å². The van der Waals surface area contributed by atoms with Gasteiger partial charge in [-0.15, -0.1) is 0 Å². The third-order valence-electron chi connectivity index (χ3n) is 17.5. The highest BCUT2D eigenvalue weighted by atomic mass is 32.2. The summed E-state index contributed by atoms with van der Waals surface area (Å²) < 4.78 is 55.5. The number of aromatic amines is 1. The summed E-state index contributed by atoms with van der Waals surface area (Å²) in [4.78, 5) is 44.0. The standard InChI is InChI=1S/C54H63N9O9S/c1-2-33-6-3-4-7-42(33)44-8-5-16-61(44)39-25-54(26-39)13-17-59(18-14-54)37-9-10-43(45(22-37)62-27-35-12-19-69-32-49(35)72-53-47(62)20-34-11-15-55-51(34)57-53)52(64)58-73(67,68)41-23-46(63(65)66)50-48(24-41)71-30-36(56-50)28-60-29-40-21-38(60)31-70-40/h3-4,6-7,9-11,15,20,22-24,35-36,38-40,44,49,56H,2,5,8,12-14,16-19,21,25-32H2,1H3,(H,55,57)(H,58,64)/t35-,36+,38-,40-,44-,49-/m0/s1. The highest BCUT2D eigenvalue weighted by molar-refractivity contribution is 7.90. The molecule has 5 aromatic rings. The molecule has 5 saturated heterocycles. The van der Waals surface area contributed by atoms with Crippen LogP contribution in [0, 0.1) is 21.4 Å². The van der Waals surface area contributed by atoms with Gasteiger partial charge in [-0.2, -0.15) is 4.98 Å². The second-order valence-electron chi connectivity index (χ2n) is 21.8. The number of sulfonamides is 1. The molecule has 0 radical (unpaired) electrons. The van der Waals surface area contributed by atoms with Gasteiger partial charge in [-0.05, 0) is 111 Å². The Morgan fingerprint density at radius 1 is 0.973 bits per heavy atom. The van der Waals surface area contributed by atoms with Crippen molar-refractivity contribution in [2.75, 3.05) is 80.8 Å². The molecule has 8 aliphatic rings. The molecule has 3 aromatic carbocycles. The van der Waals surface area contributed by atoms with Crippen LogP contribution in [0.2, 0.25) is 0 Å². The molecule has 1 aliphatic carbocycles. The summed E-state index contributed by atoms with van der Waals surface area (Å²) in [5.74, 6) is -0.464. The van der Waals surface area contributed by atoms with E-state index >= 15 is 0 Å². The predicted octanol–water partition coefficient (Wildman–Crippen LogP) is 7.32. The Labute approximate surface area is 424 Å². The number of benzene rings is 3. The number of pyridine rings is 1. The van der Waals surface area contributed by atoms with Crippen LogP contribution in [-0.2, 0) is 25.9 Å². The maximum Gasteiger partial charge on any atom is 0.297 e. The van der Waals surface area contributed by atoms with Gasteiger partial charge in [0.25, 0.3) is 21.6 Å². The summed E-state index contributed by atoms with van der Waals surface area (Å²) in [5, 5.41) is 16.7. The lowest BCUT2D eigenvalue weighted by molar-refractivity contribution is -0.384. The number of nitrogens with one attached hydrogen (secondary N) is 3. The maximum absolute atomic E-state index is 14.8. The number of rotatable bonds is 11. The lowest BCUT2D eigenvalue weighted by Crippen LogP contribution is -2.55. The number of nitro groups is 1. The van der Waals surface area contributed by atoms with Crippen LogP contribution in [0.5, 0.6) is 11.6 Å². The number of aryl methyl sites for hydroxylation is 1. The average Bonchev–Trinajstić information content (AvgIpc) is 4.23. The highest BCUT2D eigenvalue weighted by Crippen LogP contribution is 2.54. The molecule has 6 atom stereocenters. The summed E-state index contributed by atoms with van der Waals surface area (Å²) in [6.45, 7) is 8.72. The number of ether oxygens (including phenoxy) is 4. The summed E-state index contributed by atoms with van der Waals surface area (Å²) in [6, 6.07) is 21.9. The first kappa shape index (κ1) is 46.8. The highest BCUT2D eigenvalue weighted by Gasteiger charge is 2.50. The average molecular weight is 1010 g/mol. The second kappa shape index (κ2) is 18.4. The smallest absolute Gasteiger partial charge is 0.297 e. The molecule has 13 rings (SSSR count). The molecular formula is C54H63N9O9S. The number of hydrogen-bond donors (Lipinski definition) is 3. The molecule has 1 spiro atoms. The molecule has 18 nitrogen and oxygen atoms in total. The number of likely N-dealkylation sites (tertiary alicyclic amines) is 2. The molecule has 73 heavy (non-hydrogen) atoms. The molecule has 2 bridgehead atoms. The van der Waals surface area contributed by atoms with Gasteiger partial charge in [-0.3, -0.25) is 24.7 Å². The van der Waals surface area contributed by atoms with E-state index in [1.54, 1.807) is 6.07 Å². The lowest BCUT2D eigenvalue weighted by Gasteiger charge is -2.56. The molecule has 6 fully saturated rings. The number of carbonyl (C=O) groups is 1. The van der Waals surface area contributed by atoms with Gasteiger partial charge in [0.05, 0.1) is 46.4 Å². The molecule has 7 aliphatic heterocycles. The largest absolute Gasteiger partial charge is 0.489 e. The lowest BCUT2D eigenvalue weighted by atomic mass is 9.59. The minimum absolute atomic E-state index is 0.000370. The second-order valence-corrected chi connectivity index (χ2v) is 23.5. The van der Waals surface area contributed by atoms with Crippen molar-refractivity contribution in [3.05, 3.63) is 99.7 Å². The molecule has 1 amide bonds. The summed E-state index contributed by atoms with van der Waals surface area (Å²) in [6.07, 6.45) is 11.4. The van der Waals surface area contributed by atoms with Crippen LogP contribution >= 0.6 is 0 Å². The quantitative estimate of drug-likeness (QED) is 0.0879. The molecule has 19 heteroatoms. The fraction of sp³-hybridized carbons (Fsp3) is 0.519. The van der Waals surface area contributed by atoms with Gasteiger partial charge < -0.3 is 39.0 Å². The van der Waals surface area contributed by atoms with E-state index in [2.05, 4.69) is 65.8 Å². The Bertz CT molecular complexity index is 3080. The van der Waals surface area contributed by atoms with Crippen molar-refractivity contribution in [2.24, 2.45) is 11.3 Å². The van der Waals surface area contributed by atoms with Gasteiger partial charge in [0.1, 0.15) is 24.0 Å². The van der Waals surface area contributed by atoms with Crippen LogP contribution in [-0.4, -0.2) is 135 Å². The number of fused-ring (bicyclic) bond motifs is 6. The number of H-pyrrole nitrogens is 1. The fourth-order valence-corrected chi connectivity index (χ4v) is 14.6. The molecule has 0 unspecified atom stereocenters. The van der Waals surface area contributed by atoms with E-state index in [0.717, 1.165) is 69.0 Å². The topological polar surface area (TPSA) is 197 Å². The molecular weight excluding hydrogens is 951 g/mol. The number of morpholine rings is 1. The Kier molecular flexibility index (Phi) is 11.8. The number of hydrogen-bond acceptors (Lipinski definition) is 15. The van der Waals surface area contributed by atoms with Crippen LogP contribution in [0.1, 0.15) is 85.8 Å². The zero-order valence-electron chi connectivity index (χ0n) is 41.2. The summed E-state index contributed by atoms with van der Waals surface area (Å²) in [7, 11) is -4.69. The van der Waals surface area contributed by atoms with E-state index in [1.165, 1.54) is 42.9 Å². The van der Waals surface area contributed by atoms with Gasteiger partial charge in [0.2, 0.25) is 5.88 Å². The number of piperidine rings is 1. The first-order chi connectivity index (χ1) is 35.5. The van der Waals surface area contributed by atoms with Crippen molar-refractivity contribution in [1.29, 1.82) is 0 Å². The van der Waals surface area contributed by atoms with Crippen LogP contribution in [0.3, 0.4) is 0 Å². The van der Waals surface area contributed by atoms with E-state index in [-0.39, 0.29) is 47.8 Å². The van der Waals surface area contributed by atoms with Crippen molar-refractivity contribution in [2.45, 2.75) is 106 Å². The van der Waals surface area contributed by atoms with Gasteiger partial charge >= 0.3 is 0 Å². The van der Waals surface area contributed by atoms with E-state index in [9.17, 15) is 23.3 Å². The number of aromatic nitrogens is 2. The van der Waals surface area contributed by atoms with Crippen LogP contribution in [0.4, 0.5) is 28.4 Å². The summed E-state index contributed by atoms with van der Waals surface area (Å²) in [5.41, 5.74) is 5.76. The van der Waals surface area contributed by atoms with E-state index < -0.39 is 31.4 Å². The number of nitrogens with zero attached hydrogens (tertiary/aromatic N) is 6. The zero-order chi connectivity index (χ0) is 49.6. The Morgan fingerprint density at radius 3 is 2.64 bits per heavy atom. The Hall–Kier alpha value is -5.99. The summed E-state index contributed by atoms with van der Waals surface area (Å²) >= 11 is 0. The van der Waals surface area contributed by atoms with Crippen molar-refractivity contribution in [3.63, 3.8) is 0 Å². The third kappa shape index (κ3) is 8.54. The fourth-order valence-electron chi connectivity index (χ4n) is 13.6. The van der Waals surface area contributed by atoms with Gasteiger partial charge in [-0.25, -0.2) is 13.1 Å².